The van der Waals surface area contributed by atoms with Gasteiger partial charge in [-0.1, -0.05) is 81.6 Å². The van der Waals surface area contributed by atoms with Crippen LogP contribution in [0.4, 0.5) is 0 Å². The molecule has 3 fully saturated rings. The minimum Gasteiger partial charge on any atom is -0.488 e. The van der Waals surface area contributed by atoms with Crippen LogP contribution in [0.5, 0.6) is 5.75 Å². The highest BCUT2D eigenvalue weighted by molar-refractivity contribution is 5.89. The molecule has 2 saturated carbocycles. The number of amides is 2. The molecule has 2 aliphatic carbocycles. The smallest absolute Gasteiger partial charge is 0.245 e. The summed E-state index contributed by atoms with van der Waals surface area (Å²) in [5, 5.41) is 3.22. The SMILES string of the molecule is CC[C@@H](C)C(=O)N[C@H](C(=O)N1CC[C@H]2CC[C@H](Oc3ccccc3-c3ccccc3)[C@H]21)C1CCCCC1. The molecular weight excluding hydrogens is 460 g/mol. The highest BCUT2D eigenvalue weighted by Crippen LogP contribution is 2.42. The number of para-hydroxylation sites is 1. The molecule has 5 rings (SSSR count). The Labute approximate surface area is 222 Å². The first-order chi connectivity index (χ1) is 18.1. The van der Waals surface area contributed by atoms with E-state index < -0.39 is 6.04 Å². The molecule has 3 aliphatic rings. The van der Waals surface area contributed by atoms with E-state index in [-0.39, 0.29) is 35.8 Å². The lowest BCUT2D eigenvalue weighted by atomic mass is 9.83. The zero-order valence-corrected chi connectivity index (χ0v) is 22.4. The lowest BCUT2D eigenvalue weighted by Gasteiger charge is -2.37. The Morgan fingerprint density at radius 3 is 2.43 bits per heavy atom. The van der Waals surface area contributed by atoms with E-state index in [1.807, 2.05) is 50.2 Å². The van der Waals surface area contributed by atoms with E-state index >= 15 is 0 Å². The van der Waals surface area contributed by atoms with Crippen molar-refractivity contribution < 1.29 is 14.3 Å². The quantitative estimate of drug-likeness (QED) is 0.466. The van der Waals surface area contributed by atoms with Gasteiger partial charge in [-0.25, -0.2) is 0 Å². The van der Waals surface area contributed by atoms with Crippen molar-refractivity contribution >= 4 is 11.8 Å². The Kier molecular flexibility index (Phi) is 8.17. The minimum atomic E-state index is -0.418. The van der Waals surface area contributed by atoms with Crippen LogP contribution in [0.25, 0.3) is 11.1 Å². The molecule has 1 heterocycles. The number of fused-ring (bicyclic) bond motifs is 1. The van der Waals surface area contributed by atoms with Gasteiger partial charge in [0.15, 0.2) is 0 Å². The summed E-state index contributed by atoms with van der Waals surface area (Å²) in [6.45, 7) is 4.74. The molecule has 2 aromatic carbocycles. The van der Waals surface area contributed by atoms with Gasteiger partial charge in [0.2, 0.25) is 11.8 Å². The third kappa shape index (κ3) is 5.56. The number of nitrogens with zero attached hydrogens (tertiary/aromatic N) is 1. The van der Waals surface area contributed by atoms with E-state index in [0.717, 1.165) is 74.8 Å². The largest absolute Gasteiger partial charge is 0.488 e. The zero-order valence-electron chi connectivity index (χ0n) is 22.4. The normalized spacial score (nSPS) is 25.4. The fourth-order valence-corrected chi connectivity index (χ4v) is 6.73. The molecular formula is C32H42N2O3. The van der Waals surface area contributed by atoms with Gasteiger partial charge in [0.1, 0.15) is 17.9 Å². The van der Waals surface area contributed by atoms with Crippen LogP contribution in [-0.2, 0) is 9.59 Å². The summed E-state index contributed by atoms with van der Waals surface area (Å²) >= 11 is 0. The summed E-state index contributed by atoms with van der Waals surface area (Å²) in [4.78, 5) is 29.2. The van der Waals surface area contributed by atoms with Crippen LogP contribution in [0.2, 0.25) is 0 Å². The molecule has 0 spiro atoms. The van der Waals surface area contributed by atoms with E-state index in [4.69, 9.17) is 4.74 Å². The lowest BCUT2D eigenvalue weighted by Crippen LogP contribution is -2.56. The second-order valence-corrected chi connectivity index (χ2v) is 11.4. The Bertz CT molecular complexity index is 1060. The molecule has 0 radical (unpaired) electrons. The first-order valence-corrected chi connectivity index (χ1v) is 14.5. The second-order valence-electron chi connectivity index (χ2n) is 11.4. The van der Waals surface area contributed by atoms with Crippen LogP contribution in [-0.4, -0.2) is 41.4 Å². The van der Waals surface area contributed by atoms with Gasteiger partial charge in [-0.15, -0.1) is 0 Å². The molecule has 5 heteroatoms. The maximum atomic E-state index is 14.2. The van der Waals surface area contributed by atoms with Gasteiger partial charge in [0, 0.05) is 18.0 Å². The third-order valence-electron chi connectivity index (χ3n) is 9.06. The number of likely N-dealkylation sites (tertiary alicyclic amines) is 1. The number of carbonyl (C=O) groups is 2. The Balaban J connectivity index is 1.37. The fraction of sp³-hybridized carbons (Fsp3) is 0.562. The van der Waals surface area contributed by atoms with Gasteiger partial charge in [0.25, 0.3) is 0 Å². The molecule has 1 aliphatic heterocycles. The summed E-state index contributed by atoms with van der Waals surface area (Å²) < 4.78 is 6.74. The number of hydrogen-bond acceptors (Lipinski definition) is 3. The Morgan fingerprint density at radius 2 is 1.68 bits per heavy atom. The predicted octanol–water partition coefficient (Wildman–Crippen LogP) is 6.22. The number of hydrogen-bond donors (Lipinski definition) is 1. The van der Waals surface area contributed by atoms with Crippen molar-refractivity contribution in [2.24, 2.45) is 17.8 Å². The number of rotatable bonds is 8. The van der Waals surface area contributed by atoms with Gasteiger partial charge in [-0.05, 0) is 62.0 Å². The summed E-state index contributed by atoms with van der Waals surface area (Å²) in [7, 11) is 0. The van der Waals surface area contributed by atoms with Crippen LogP contribution >= 0.6 is 0 Å². The fourth-order valence-electron chi connectivity index (χ4n) is 6.73. The van der Waals surface area contributed by atoms with Crippen molar-refractivity contribution in [2.75, 3.05) is 6.54 Å². The van der Waals surface area contributed by atoms with Crippen molar-refractivity contribution in [1.82, 2.24) is 10.2 Å². The van der Waals surface area contributed by atoms with Crippen molar-refractivity contribution in [3.05, 3.63) is 54.6 Å². The molecule has 0 bridgehead atoms. The first kappa shape index (κ1) is 25.8. The molecule has 198 valence electrons. The summed E-state index contributed by atoms with van der Waals surface area (Å²) in [5.41, 5.74) is 2.22. The second kappa shape index (κ2) is 11.7. The molecule has 2 aromatic rings. The highest BCUT2D eigenvalue weighted by atomic mass is 16.5. The van der Waals surface area contributed by atoms with Gasteiger partial charge in [-0.3, -0.25) is 9.59 Å². The molecule has 0 aromatic heterocycles. The van der Waals surface area contributed by atoms with Crippen molar-refractivity contribution in [2.45, 2.75) is 89.8 Å². The molecule has 5 atom stereocenters. The number of benzene rings is 2. The molecule has 37 heavy (non-hydrogen) atoms. The van der Waals surface area contributed by atoms with Gasteiger partial charge in [0.05, 0.1) is 6.04 Å². The van der Waals surface area contributed by atoms with Crippen molar-refractivity contribution in [3.63, 3.8) is 0 Å². The zero-order chi connectivity index (χ0) is 25.8. The number of carbonyl (C=O) groups excluding carboxylic acids is 2. The van der Waals surface area contributed by atoms with Crippen molar-refractivity contribution in [3.8, 4) is 16.9 Å². The Morgan fingerprint density at radius 1 is 0.946 bits per heavy atom. The van der Waals surface area contributed by atoms with Crippen LogP contribution in [0.15, 0.2) is 54.6 Å². The number of nitrogens with one attached hydrogen (secondary N) is 1. The number of ether oxygens (including phenoxy) is 1. The average molecular weight is 503 g/mol. The van der Waals surface area contributed by atoms with Crippen LogP contribution in [0, 0.1) is 17.8 Å². The van der Waals surface area contributed by atoms with Crippen molar-refractivity contribution in [1.29, 1.82) is 0 Å². The monoisotopic (exact) mass is 502 g/mol. The van der Waals surface area contributed by atoms with Crippen LogP contribution in [0.3, 0.4) is 0 Å². The first-order valence-electron chi connectivity index (χ1n) is 14.5. The topological polar surface area (TPSA) is 58.6 Å². The lowest BCUT2D eigenvalue weighted by molar-refractivity contribution is -0.141. The summed E-state index contributed by atoms with van der Waals surface area (Å²) in [6.07, 6.45) is 9.35. The maximum absolute atomic E-state index is 14.2. The third-order valence-corrected chi connectivity index (χ3v) is 9.06. The van der Waals surface area contributed by atoms with E-state index in [2.05, 4.69) is 28.4 Å². The molecule has 1 N–H and O–H groups in total. The molecule has 2 amide bonds. The summed E-state index contributed by atoms with van der Waals surface area (Å²) in [5.74, 6) is 1.62. The predicted molar refractivity (Wildman–Crippen MR) is 147 cm³/mol. The average Bonchev–Trinajstić information content (AvgIpc) is 3.55. The van der Waals surface area contributed by atoms with Gasteiger partial charge >= 0.3 is 0 Å². The Hall–Kier alpha value is -2.82. The van der Waals surface area contributed by atoms with E-state index in [9.17, 15) is 9.59 Å². The maximum Gasteiger partial charge on any atom is 0.245 e. The van der Waals surface area contributed by atoms with Crippen LogP contribution in [0.1, 0.15) is 71.6 Å². The van der Waals surface area contributed by atoms with Crippen LogP contribution < -0.4 is 10.1 Å². The van der Waals surface area contributed by atoms with E-state index in [1.165, 1.54) is 6.42 Å². The molecule has 0 unspecified atom stereocenters. The molecule has 5 nitrogen and oxygen atoms in total. The van der Waals surface area contributed by atoms with Gasteiger partial charge < -0.3 is 15.0 Å². The molecule has 1 saturated heterocycles. The highest BCUT2D eigenvalue weighted by Gasteiger charge is 2.49. The van der Waals surface area contributed by atoms with Gasteiger partial charge in [-0.2, -0.15) is 0 Å². The minimum absolute atomic E-state index is 0.0122. The standard InChI is InChI=1S/C32H42N2O3/c1-3-22(2)31(35)33-29(24-14-8-5-9-15-24)32(36)34-21-20-25-18-19-28(30(25)34)37-27-17-11-10-16-26(27)23-12-6-4-7-13-23/h4,6-7,10-13,16-17,22,24-25,28-30H,3,5,8-9,14-15,18-21H2,1-2H3,(H,33,35)/t22-,25-,28+,29+,30+/m1/s1. The van der Waals surface area contributed by atoms with E-state index in [0.29, 0.717) is 5.92 Å². The summed E-state index contributed by atoms with van der Waals surface area (Å²) in [6, 6.07) is 18.2. The van der Waals surface area contributed by atoms with E-state index in [1.54, 1.807) is 0 Å².